The van der Waals surface area contributed by atoms with E-state index in [9.17, 15) is 19.8 Å². The lowest BCUT2D eigenvalue weighted by atomic mass is 9.77. The molecule has 1 saturated carbocycles. The number of nitrogens with two attached hydrogens (primary N) is 2. The molecule has 4 aliphatic heterocycles. The van der Waals surface area contributed by atoms with Gasteiger partial charge in [0.25, 0.3) is 0 Å². The second-order valence-electron chi connectivity index (χ2n) is 18.7. The van der Waals surface area contributed by atoms with E-state index in [4.69, 9.17) is 20.9 Å². The van der Waals surface area contributed by atoms with Gasteiger partial charge in [0, 0.05) is 68.2 Å². The van der Waals surface area contributed by atoms with Crippen LogP contribution < -0.4 is 26.8 Å². The average Bonchev–Trinajstić information content (AvgIpc) is 3.77. The number of hydrogen-bond acceptors (Lipinski definition) is 13. The van der Waals surface area contributed by atoms with Crippen molar-refractivity contribution in [1.82, 2.24) is 15.5 Å². The number of nitrogens with zero attached hydrogens (tertiary/aromatic N) is 2. The van der Waals surface area contributed by atoms with Gasteiger partial charge in [-0.2, -0.15) is 0 Å². The van der Waals surface area contributed by atoms with Crippen molar-refractivity contribution >= 4 is 39.4 Å². The first-order valence-corrected chi connectivity index (χ1v) is 25.9. The van der Waals surface area contributed by atoms with Gasteiger partial charge in [-0.15, -0.1) is 0 Å². The van der Waals surface area contributed by atoms with Gasteiger partial charge >= 0.3 is 5.97 Å². The zero-order chi connectivity index (χ0) is 44.2. The Morgan fingerprint density at radius 2 is 1.87 bits per heavy atom. The number of fused-ring (bicyclic) bond motifs is 7. The Morgan fingerprint density at radius 3 is 2.70 bits per heavy atom. The molecule has 8 N–H and O–H groups in total. The van der Waals surface area contributed by atoms with Crippen LogP contribution >= 0.6 is 21.6 Å². The third-order valence-corrected chi connectivity index (χ3v) is 16.1. The third kappa shape index (κ3) is 13.5. The van der Waals surface area contributed by atoms with Crippen LogP contribution in [0.5, 0.6) is 11.5 Å². The Morgan fingerprint density at radius 1 is 1.03 bits per heavy atom. The molecule has 0 aromatic heterocycles. The van der Waals surface area contributed by atoms with Crippen LogP contribution in [-0.2, 0) is 40.1 Å². The molecule has 6 atom stereocenters. The quantitative estimate of drug-likeness (QED) is 0.125. The summed E-state index contributed by atoms with van der Waals surface area (Å²) in [5.74, 6) is 3.85. The maximum atomic E-state index is 14.1. The number of guanidine groups is 1. The van der Waals surface area contributed by atoms with Crippen molar-refractivity contribution in [3.05, 3.63) is 82.2 Å². The smallest absolute Gasteiger partial charge is 0.302 e. The van der Waals surface area contributed by atoms with Crippen LogP contribution in [-0.4, -0.2) is 82.5 Å². The number of rotatable bonds is 6. The van der Waals surface area contributed by atoms with Gasteiger partial charge in [0.15, 0.2) is 17.5 Å². The molecule has 1 saturated heterocycles. The topological polar surface area (TPSA) is 185 Å². The average molecular weight is 903 g/mol. The van der Waals surface area contributed by atoms with Gasteiger partial charge in [0.05, 0.1) is 17.8 Å². The number of phenolic OH excluding ortho intramolecular Hbond substituents is 1. The van der Waals surface area contributed by atoms with Crippen molar-refractivity contribution < 1.29 is 29.3 Å². The number of aliphatic imine (C=N–C) groups is 1. The predicted octanol–water partition coefficient (Wildman–Crippen LogP) is 7.40. The number of phenols is 1. The lowest BCUT2D eigenvalue weighted by Crippen LogP contribution is -2.37. The number of aryl methyl sites for hydroxylation is 2. The molecule has 4 heterocycles. The van der Waals surface area contributed by atoms with E-state index in [1.165, 1.54) is 12.5 Å². The summed E-state index contributed by atoms with van der Waals surface area (Å²) in [6.07, 6.45) is 17.0. The van der Waals surface area contributed by atoms with Crippen LogP contribution in [0.1, 0.15) is 119 Å². The molecule has 63 heavy (non-hydrogen) atoms. The number of carbonyl (C=O) groups is 2. The highest BCUT2D eigenvalue weighted by Gasteiger charge is 2.44. The van der Waals surface area contributed by atoms with E-state index in [1.54, 1.807) is 10.8 Å². The van der Waals surface area contributed by atoms with Crippen molar-refractivity contribution in [2.24, 2.45) is 33.7 Å². The van der Waals surface area contributed by atoms with E-state index in [2.05, 4.69) is 58.1 Å². The molecule has 4 bridgehead atoms. The van der Waals surface area contributed by atoms with Gasteiger partial charge in [-0.25, -0.2) is 4.99 Å². The first-order chi connectivity index (χ1) is 30.5. The SMILES string of the molecule is CC(=O)O[C@@H]1CCc2cc(c(O)c3c2CC[C@@H]2CCC[C@H]2O3)CN2C[C@](CC3=CCNC(N)=C3)(CCNC(N)=NCSSC[C@@H](CCc3ccccc3)CCCC[C@H](O)C1)CC2=O. The number of esters is 1. The summed E-state index contributed by atoms with van der Waals surface area (Å²) < 4.78 is 12.6. The molecule has 344 valence electrons. The fourth-order valence-electron chi connectivity index (χ4n) is 10.5. The largest absolute Gasteiger partial charge is 0.504 e. The van der Waals surface area contributed by atoms with E-state index in [0.29, 0.717) is 105 Å². The molecule has 0 radical (unpaired) electrons. The predicted molar refractivity (Wildman–Crippen MR) is 254 cm³/mol. The Kier molecular flexibility index (Phi) is 17.0. The minimum Gasteiger partial charge on any atom is -0.504 e. The van der Waals surface area contributed by atoms with Gasteiger partial charge in [0.1, 0.15) is 12.2 Å². The molecule has 14 heteroatoms. The monoisotopic (exact) mass is 902 g/mol. The second-order valence-corrected chi connectivity index (χ2v) is 21.2. The fourth-order valence-corrected chi connectivity index (χ4v) is 12.6. The Hall–Kier alpha value is -4.01. The van der Waals surface area contributed by atoms with Crippen LogP contribution in [0.25, 0.3) is 0 Å². The van der Waals surface area contributed by atoms with Crippen molar-refractivity contribution in [3.63, 3.8) is 0 Å². The molecule has 12 nitrogen and oxygen atoms in total. The minimum absolute atomic E-state index is 0.0348. The number of carbonyl (C=O) groups excluding carboxylic acids is 2. The number of hydrogen-bond donors (Lipinski definition) is 6. The minimum atomic E-state index is -0.596. The number of aromatic hydroxyl groups is 1. The number of allylic oxidation sites excluding steroid dienone is 2. The first-order valence-electron chi connectivity index (χ1n) is 23.4. The molecule has 7 rings (SSSR count). The maximum absolute atomic E-state index is 14.1. The van der Waals surface area contributed by atoms with Crippen LogP contribution in [0.3, 0.4) is 0 Å². The molecule has 0 spiro atoms. The summed E-state index contributed by atoms with van der Waals surface area (Å²) in [6.45, 7) is 3.38. The summed E-state index contributed by atoms with van der Waals surface area (Å²) in [4.78, 5) is 33.1. The molecular weight excluding hydrogens is 833 g/mol. The molecule has 5 aliphatic rings. The van der Waals surface area contributed by atoms with Crippen LogP contribution in [0.15, 0.2) is 64.9 Å². The van der Waals surface area contributed by atoms with Crippen molar-refractivity contribution in [3.8, 4) is 11.5 Å². The Balaban J connectivity index is 1.14. The van der Waals surface area contributed by atoms with Crippen LogP contribution in [0, 0.1) is 17.3 Å². The fraction of sp³-hybridized carbons (Fsp3) is 0.612. The van der Waals surface area contributed by atoms with Gasteiger partial charge in [0.2, 0.25) is 5.91 Å². The van der Waals surface area contributed by atoms with Gasteiger partial charge in [-0.3, -0.25) is 9.59 Å². The van der Waals surface area contributed by atoms with Crippen molar-refractivity contribution in [2.75, 3.05) is 31.3 Å². The number of benzene rings is 2. The summed E-state index contributed by atoms with van der Waals surface area (Å²) in [7, 11) is 3.54. The summed E-state index contributed by atoms with van der Waals surface area (Å²) in [5.41, 5.74) is 17.4. The summed E-state index contributed by atoms with van der Waals surface area (Å²) >= 11 is 0. The van der Waals surface area contributed by atoms with E-state index in [-0.39, 0.29) is 30.3 Å². The highest BCUT2D eigenvalue weighted by Crippen LogP contribution is 2.47. The lowest BCUT2D eigenvalue weighted by Gasteiger charge is -2.31. The lowest BCUT2D eigenvalue weighted by molar-refractivity contribution is -0.148. The molecule has 1 amide bonds. The highest BCUT2D eigenvalue weighted by molar-refractivity contribution is 8.76. The van der Waals surface area contributed by atoms with E-state index < -0.39 is 17.6 Å². The van der Waals surface area contributed by atoms with Gasteiger partial charge in [-0.05, 0) is 124 Å². The molecular formula is C49H70N6O6S2. The molecule has 1 aliphatic carbocycles. The van der Waals surface area contributed by atoms with Crippen molar-refractivity contribution in [2.45, 2.75) is 141 Å². The molecule has 0 unspecified atom stereocenters. The number of ether oxygens (including phenoxy) is 2. The van der Waals surface area contributed by atoms with Gasteiger partial charge < -0.3 is 46.7 Å². The number of aliphatic hydroxyl groups excluding tert-OH is 1. The maximum Gasteiger partial charge on any atom is 0.302 e. The summed E-state index contributed by atoms with van der Waals surface area (Å²) in [6, 6.07) is 12.7. The normalized spacial score (nSPS) is 28.1. The standard InChI is InChI=1S/C49H70N6O6S2/c1-33(56)60-41-18-16-38-25-39(46(59)47-42(38)19-17-37-11-7-13-43(37)61-47)29-55-31-49(28-45(55)58,27-36-20-22-52-44(50)24-36)21-23-53-48(51)54-32-63-62-30-35(10-5-6-12-40(57)26-41)15-14-34-8-3-2-4-9-34/h2-4,8-9,20,24-25,35,37,40-41,43,52,57,59H,5-7,10-19,21-23,26-32,50H2,1H3,(H3,51,53,54)/t35-,37+,40+,41-,43-,49+/m1/s1. The Bertz CT molecular complexity index is 1960. The zero-order valence-corrected chi connectivity index (χ0v) is 38.8. The number of aliphatic hydroxyl groups is 1. The van der Waals surface area contributed by atoms with Crippen LogP contribution in [0.2, 0.25) is 0 Å². The van der Waals surface area contributed by atoms with Crippen molar-refractivity contribution in [1.29, 1.82) is 0 Å². The summed E-state index contributed by atoms with van der Waals surface area (Å²) in [5, 5.41) is 29.9. The molecule has 2 aromatic carbocycles. The molecule has 2 fully saturated rings. The van der Waals surface area contributed by atoms with Crippen LogP contribution in [0.4, 0.5) is 0 Å². The second kappa shape index (κ2) is 22.7. The van der Waals surface area contributed by atoms with E-state index in [0.717, 1.165) is 86.7 Å². The Labute approximate surface area is 382 Å². The van der Waals surface area contributed by atoms with E-state index in [1.807, 2.05) is 21.8 Å². The van der Waals surface area contributed by atoms with E-state index >= 15 is 0 Å². The first kappa shape index (κ1) is 47.0. The number of dihydropyridines is 1. The van der Waals surface area contributed by atoms with Gasteiger partial charge in [-0.1, -0.05) is 70.8 Å². The highest BCUT2D eigenvalue weighted by atomic mass is 33.1. The third-order valence-electron chi connectivity index (χ3n) is 13.8. The number of amides is 1. The number of nitrogens with one attached hydrogen (secondary N) is 2. The zero-order valence-electron chi connectivity index (χ0n) is 37.2. The molecule has 2 aromatic rings.